The number of carbonyl (C=O) groups excluding carboxylic acids is 2. The zero-order chi connectivity index (χ0) is 26.6. The Hall–Kier alpha value is -3.63. The maximum Gasteiger partial charge on any atom is 0.416 e. The van der Waals surface area contributed by atoms with E-state index >= 15 is 0 Å². The van der Waals surface area contributed by atoms with Crippen molar-refractivity contribution in [3.8, 4) is 5.75 Å². The third-order valence-electron chi connectivity index (χ3n) is 5.42. The molecule has 1 heterocycles. The average molecular weight is 543 g/mol. The molecule has 0 radical (unpaired) electrons. The van der Waals surface area contributed by atoms with Gasteiger partial charge in [0.25, 0.3) is 11.8 Å². The van der Waals surface area contributed by atoms with Gasteiger partial charge in [-0.25, -0.2) is 0 Å². The van der Waals surface area contributed by atoms with Gasteiger partial charge in [0.05, 0.1) is 16.2 Å². The predicted molar refractivity (Wildman–Crippen MR) is 143 cm³/mol. The predicted octanol–water partition coefficient (Wildman–Crippen LogP) is 6.69. The molecule has 4 rings (SSSR count). The minimum absolute atomic E-state index is 0.0254. The Labute approximate surface area is 221 Å². The molecule has 0 bridgehead atoms. The summed E-state index contributed by atoms with van der Waals surface area (Å²) in [6, 6.07) is 18.8. The van der Waals surface area contributed by atoms with Gasteiger partial charge in [0.2, 0.25) is 0 Å². The molecule has 1 aliphatic rings. The SMILES string of the molecule is CCc1ccc(N2C(=O)/C(=C/c3ccc(OCC(=O)Nc4cccc(C(F)(F)F)c4)cc3)SC2=S)cc1. The summed E-state index contributed by atoms with van der Waals surface area (Å²) < 4.78 is 44.4. The number of rotatable bonds is 7. The van der Waals surface area contributed by atoms with Gasteiger partial charge >= 0.3 is 6.18 Å². The average Bonchev–Trinajstić information content (AvgIpc) is 3.15. The lowest BCUT2D eigenvalue weighted by Crippen LogP contribution is -2.27. The number of ether oxygens (including phenoxy) is 1. The van der Waals surface area contributed by atoms with E-state index in [0.717, 1.165) is 29.8 Å². The van der Waals surface area contributed by atoms with Crippen LogP contribution in [0.4, 0.5) is 24.5 Å². The van der Waals surface area contributed by atoms with Crippen LogP contribution in [-0.4, -0.2) is 22.7 Å². The van der Waals surface area contributed by atoms with E-state index in [4.69, 9.17) is 17.0 Å². The molecule has 1 aliphatic heterocycles. The van der Waals surface area contributed by atoms with Gasteiger partial charge in [0, 0.05) is 5.69 Å². The van der Waals surface area contributed by atoms with Gasteiger partial charge in [-0.05, 0) is 66.1 Å². The summed E-state index contributed by atoms with van der Waals surface area (Å²) in [5.74, 6) is -0.412. The van der Waals surface area contributed by atoms with Gasteiger partial charge in [0.1, 0.15) is 5.75 Å². The van der Waals surface area contributed by atoms with Crippen LogP contribution in [-0.2, 0) is 22.2 Å². The number of alkyl halides is 3. The molecule has 0 spiro atoms. The number of thioether (sulfide) groups is 1. The van der Waals surface area contributed by atoms with Crippen molar-refractivity contribution < 1.29 is 27.5 Å². The van der Waals surface area contributed by atoms with Crippen molar-refractivity contribution in [3.05, 3.63) is 94.4 Å². The standard InChI is InChI=1S/C27H21F3N2O3S2/c1-2-17-6-10-21(11-7-17)32-25(34)23(37-26(32)36)14-18-8-12-22(13-9-18)35-16-24(33)31-20-5-3-4-19(15-20)27(28,29)30/h3-15H,2,16H2,1H3,(H,31,33)/b23-14-. The fraction of sp³-hybridized carbons (Fsp3) is 0.148. The number of thiocarbonyl (C=S) groups is 1. The third kappa shape index (κ3) is 6.58. The van der Waals surface area contributed by atoms with E-state index in [2.05, 4.69) is 12.2 Å². The van der Waals surface area contributed by atoms with Gasteiger partial charge in [0.15, 0.2) is 10.9 Å². The Bertz CT molecular complexity index is 1350. The van der Waals surface area contributed by atoms with Crippen LogP contribution in [0.2, 0.25) is 0 Å². The summed E-state index contributed by atoms with van der Waals surface area (Å²) in [6.45, 7) is 1.67. The zero-order valence-electron chi connectivity index (χ0n) is 19.5. The lowest BCUT2D eigenvalue weighted by molar-refractivity contribution is -0.137. The second kappa shape index (κ2) is 11.2. The summed E-state index contributed by atoms with van der Waals surface area (Å²) in [5.41, 5.74) is 1.79. The molecule has 37 heavy (non-hydrogen) atoms. The molecule has 0 atom stereocenters. The maximum absolute atomic E-state index is 13.0. The number of hydrogen-bond donors (Lipinski definition) is 1. The molecule has 0 aromatic heterocycles. The van der Waals surface area contributed by atoms with E-state index in [1.165, 1.54) is 34.4 Å². The number of nitrogens with zero attached hydrogens (tertiary/aromatic N) is 1. The fourth-order valence-corrected chi connectivity index (χ4v) is 4.80. The Morgan fingerprint density at radius 2 is 1.78 bits per heavy atom. The first-order valence-electron chi connectivity index (χ1n) is 11.2. The van der Waals surface area contributed by atoms with Crippen LogP contribution < -0.4 is 15.0 Å². The Morgan fingerprint density at radius 1 is 1.08 bits per heavy atom. The topological polar surface area (TPSA) is 58.6 Å². The molecule has 190 valence electrons. The highest BCUT2D eigenvalue weighted by Gasteiger charge is 2.33. The Morgan fingerprint density at radius 3 is 2.43 bits per heavy atom. The molecule has 1 N–H and O–H groups in total. The van der Waals surface area contributed by atoms with Gasteiger partial charge < -0.3 is 10.1 Å². The molecular weight excluding hydrogens is 521 g/mol. The molecule has 0 unspecified atom stereocenters. The van der Waals surface area contributed by atoms with Crippen molar-refractivity contribution >= 4 is 57.6 Å². The van der Waals surface area contributed by atoms with Crippen LogP contribution in [0.5, 0.6) is 5.75 Å². The fourth-order valence-electron chi connectivity index (χ4n) is 3.50. The van der Waals surface area contributed by atoms with Gasteiger partial charge in [-0.3, -0.25) is 14.5 Å². The normalized spacial score (nSPS) is 14.8. The Kier molecular flexibility index (Phi) is 7.99. The third-order valence-corrected chi connectivity index (χ3v) is 6.72. The van der Waals surface area contributed by atoms with Crippen LogP contribution in [0.3, 0.4) is 0 Å². The van der Waals surface area contributed by atoms with Crippen LogP contribution in [0.15, 0.2) is 77.7 Å². The molecule has 10 heteroatoms. The number of benzene rings is 3. The number of carbonyl (C=O) groups is 2. The summed E-state index contributed by atoms with van der Waals surface area (Å²) in [7, 11) is 0. The molecule has 1 saturated heterocycles. The number of aryl methyl sites for hydroxylation is 1. The number of amides is 2. The largest absolute Gasteiger partial charge is 0.484 e. The minimum Gasteiger partial charge on any atom is -0.484 e. The lowest BCUT2D eigenvalue weighted by atomic mass is 10.1. The summed E-state index contributed by atoms with van der Waals surface area (Å²) in [6.07, 6.45) is -1.87. The summed E-state index contributed by atoms with van der Waals surface area (Å²) in [5, 5.41) is 2.39. The van der Waals surface area contributed by atoms with Gasteiger partial charge in [-0.15, -0.1) is 0 Å². The smallest absolute Gasteiger partial charge is 0.416 e. The second-order valence-electron chi connectivity index (χ2n) is 8.02. The highest BCUT2D eigenvalue weighted by Crippen LogP contribution is 2.36. The second-order valence-corrected chi connectivity index (χ2v) is 9.70. The quantitative estimate of drug-likeness (QED) is 0.266. The number of anilines is 2. The van der Waals surface area contributed by atoms with Crippen molar-refractivity contribution in [2.75, 3.05) is 16.8 Å². The highest BCUT2D eigenvalue weighted by molar-refractivity contribution is 8.27. The lowest BCUT2D eigenvalue weighted by Gasteiger charge is -2.14. The molecule has 2 amide bonds. The first-order valence-corrected chi connectivity index (χ1v) is 12.4. The molecule has 1 fully saturated rings. The molecule has 0 saturated carbocycles. The van der Waals surface area contributed by atoms with E-state index in [1.807, 2.05) is 24.3 Å². The number of halogens is 3. The van der Waals surface area contributed by atoms with Crippen molar-refractivity contribution in [2.24, 2.45) is 0 Å². The van der Waals surface area contributed by atoms with Crippen LogP contribution >= 0.6 is 24.0 Å². The van der Waals surface area contributed by atoms with E-state index < -0.39 is 17.6 Å². The van der Waals surface area contributed by atoms with Crippen molar-refractivity contribution in [1.82, 2.24) is 0 Å². The van der Waals surface area contributed by atoms with E-state index in [0.29, 0.717) is 15.0 Å². The molecule has 0 aliphatic carbocycles. The number of hydrogen-bond acceptors (Lipinski definition) is 5. The first-order chi connectivity index (χ1) is 17.6. The highest BCUT2D eigenvalue weighted by atomic mass is 32.2. The monoisotopic (exact) mass is 542 g/mol. The van der Waals surface area contributed by atoms with E-state index in [9.17, 15) is 22.8 Å². The maximum atomic E-state index is 13.0. The number of nitrogens with one attached hydrogen (secondary N) is 1. The van der Waals surface area contributed by atoms with Crippen molar-refractivity contribution in [2.45, 2.75) is 19.5 Å². The summed E-state index contributed by atoms with van der Waals surface area (Å²) >= 11 is 6.64. The van der Waals surface area contributed by atoms with E-state index in [1.54, 1.807) is 30.3 Å². The summed E-state index contributed by atoms with van der Waals surface area (Å²) in [4.78, 5) is 27.1. The van der Waals surface area contributed by atoms with Crippen LogP contribution in [0.25, 0.3) is 6.08 Å². The first kappa shape index (κ1) is 26.4. The molecule has 5 nitrogen and oxygen atoms in total. The van der Waals surface area contributed by atoms with Crippen molar-refractivity contribution in [3.63, 3.8) is 0 Å². The molecule has 3 aromatic carbocycles. The Balaban J connectivity index is 1.35. The van der Waals surface area contributed by atoms with Crippen LogP contribution in [0, 0.1) is 0 Å². The zero-order valence-corrected chi connectivity index (χ0v) is 21.2. The minimum atomic E-state index is -4.50. The van der Waals surface area contributed by atoms with Crippen LogP contribution in [0.1, 0.15) is 23.6 Å². The molecule has 3 aromatic rings. The van der Waals surface area contributed by atoms with Gasteiger partial charge in [-0.1, -0.05) is 61.2 Å². The van der Waals surface area contributed by atoms with E-state index in [-0.39, 0.29) is 18.2 Å². The molecular formula is C27H21F3N2O3S2. The van der Waals surface area contributed by atoms with Gasteiger partial charge in [-0.2, -0.15) is 13.2 Å². The van der Waals surface area contributed by atoms with Crippen molar-refractivity contribution in [1.29, 1.82) is 0 Å².